The van der Waals surface area contributed by atoms with Gasteiger partial charge in [0.05, 0.1) is 0 Å². The molecule has 4 rings (SSSR count). The van der Waals surface area contributed by atoms with Crippen molar-refractivity contribution in [2.24, 2.45) is 4.99 Å². The number of benzene rings is 2. The van der Waals surface area contributed by atoms with E-state index >= 15 is 0 Å². The van der Waals surface area contributed by atoms with Gasteiger partial charge in [-0.05, 0) is 16.3 Å². The monoisotopic (exact) mass is 238 g/mol. The normalized spacial score (nSPS) is 23.8. The average molecular weight is 238 g/mol. The summed E-state index contributed by atoms with van der Waals surface area (Å²) >= 11 is 0. The van der Waals surface area contributed by atoms with Crippen LogP contribution in [0.2, 0.25) is 0 Å². The molecule has 3 nitrogen and oxygen atoms in total. The first kappa shape index (κ1) is 9.95. The lowest BCUT2D eigenvalue weighted by Gasteiger charge is -2.15. The van der Waals surface area contributed by atoms with E-state index in [0.29, 0.717) is 0 Å². The molecule has 2 aromatic rings. The molecule has 0 bridgehead atoms. The average Bonchev–Trinajstić information content (AvgIpc) is 2.92. The molecular formula is C15H14N2O. The van der Waals surface area contributed by atoms with Crippen molar-refractivity contribution in [2.75, 3.05) is 14.1 Å². The summed E-state index contributed by atoms with van der Waals surface area (Å²) in [5.74, 6) is 0. The van der Waals surface area contributed by atoms with Gasteiger partial charge in [-0.3, -0.25) is 0 Å². The molecule has 1 aliphatic heterocycles. The van der Waals surface area contributed by atoms with Crippen LogP contribution in [0.25, 0.3) is 10.8 Å². The molecule has 0 spiro atoms. The Labute approximate surface area is 106 Å². The zero-order chi connectivity index (χ0) is 12.3. The SMILES string of the molecule is CN(C)C1=N[C@@H]2c3cccc4cccc(c34)[C@H]2O1. The van der Waals surface area contributed by atoms with Crippen molar-refractivity contribution in [3.05, 3.63) is 47.5 Å². The fraction of sp³-hybridized carbons (Fsp3) is 0.267. The first-order valence-electron chi connectivity index (χ1n) is 6.19. The second kappa shape index (κ2) is 3.25. The van der Waals surface area contributed by atoms with Crippen molar-refractivity contribution >= 4 is 16.8 Å². The van der Waals surface area contributed by atoms with Crippen LogP contribution >= 0.6 is 0 Å². The van der Waals surface area contributed by atoms with Gasteiger partial charge in [0.2, 0.25) is 0 Å². The maximum absolute atomic E-state index is 6.00. The van der Waals surface area contributed by atoms with E-state index in [1.807, 2.05) is 19.0 Å². The van der Waals surface area contributed by atoms with Crippen molar-refractivity contribution in [1.82, 2.24) is 4.90 Å². The van der Waals surface area contributed by atoms with Gasteiger partial charge < -0.3 is 9.64 Å². The summed E-state index contributed by atoms with van der Waals surface area (Å²) in [7, 11) is 3.93. The van der Waals surface area contributed by atoms with Crippen LogP contribution in [-0.2, 0) is 4.74 Å². The molecule has 0 aromatic heterocycles. The Balaban J connectivity index is 1.96. The largest absolute Gasteiger partial charge is 0.454 e. The number of nitrogens with zero attached hydrogens (tertiary/aromatic N) is 2. The van der Waals surface area contributed by atoms with Gasteiger partial charge in [0.25, 0.3) is 6.02 Å². The van der Waals surface area contributed by atoms with E-state index < -0.39 is 0 Å². The topological polar surface area (TPSA) is 24.8 Å². The summed E-state index contributed by atoms with van der Waals surface area (Å²) in [6, 6.07) is 13.7. The summed E-state index contributed by atoms with van der Waals surface area (Å²) in [5, 5.41) is 2.61. The lowest BCUT2D eigenvalue weighted by molar-refractivity contribution is 0.180. The molecular weight excluding hydrogens is 224 g/mol. The van der Waals surface area contributed by atoms with Crippen LogP contribution in [0.4, 0.5) is 0 Å². The highest BCUT2D eigenvalue weighted by molar-refractivity contribution is 5.93. The Hall–Kier alpha value is -2.03. The molecule has 0 saturated carbocycles. The van der Waals surface area contributed by atoms with Gasteiger partial charge in [-0.1, -0.05) is 36.4 Å². The Kier molecular flexibility index (Phi) is 1.80. The molecule has 2 aliphatic rings. The highest BCUT2D eigenvalue weighted by atomic mass is 16.5. The molecule has 1 aliphatic carbocycles. The van der Waals surface area contributed by atoms with Gasteiger partial charge in [-0.25, -0.2) is 4.99 Å². The third kappa shape index (κ3) is 1.11. The molecule has 90 valence electrons. The maximum Gasteiger partial charge on any atom is 0.288 e. The summed E-state index contributed by atoms with van der Waals surface area (Å²) in [6.07, 6.45) is 0.0588. The highest BCUT2D eigenvalue weighted by Crippen LogP contribution is 2.50. The van der Waals surface area contributed by atoms with Crippen LogP contribution in [-0.4, -0.2) is 25.0 Å². The van der Waals surface area contributed by atoms with Crippen molar-refractivity contribution in [2.45, 2.75) is 12.1 Å². The Morgan fingerprint density at radius 1 is 1.06 bits per heavy atom. The molecule has 2 atom stereocenters. The predicted molar refractivity (Wildman–Crippen MR) is 71.6 cm³/mol. The Morgan fingerprint density at radius 2 is 1.78 bits per heavy atom. The number of aliphatic imine (C=N–C) groups is 1. The second-order valence-electron chi connectivity index (χ2n) is 5.08. The molecule has 18 heavy (non-hydrogen) atoms. The van der Waals surface area contributed by atoms with E-state index in [9.17, 15) is 0 Å². The van der Waals surface area contributed by atoms with Crippen molar-refractivity contribution in [3.8, 4) is 0 Å². The molecule has 3 heteroatoms. The molecule has 1 heterocycles. The number of rotatable bonds is 0. The quantitative estimate of drug-likeness (QED) is 0.705. The van der Waals surface area contributed by atoms with E-state index in [0.717, 1.165) is 6.02 Å². The van der Waals surface area contributed by atoms with Gasteiger partial charge in [-0.2, -0.15) is 0 Å². The number of hydrogen-bond acceptors (Lipinski definition) is 3. The first-order valence-corrected chi connectivity index (χ1v) is 6.19. The fourth-order valence-corrected chi connectivity index (χ4v) is 2.97. The van der Waals surface area contributed by atoms with Crippen molar-refractivity contribution in [3.63, 3.8) is 0 Å². The zero-order valence-electron chi connectivity index (χ0n) is 10.4. The lowest BCUT2D eigenvalue weighted by Crippen LogP contribution is -2.22. The fourth-order valence-electron chi connectivity index (χ4n) is 2.97. The van der Waals surface area contributed by atoms with Crippen LogP contribution in [0.3, 0.4) is 0 Å². The molecule has 0 radical (unpaired) electrons. The molecule has 0 fully saturated rings. The minimum atomic E-state index is 0.0588. The predicted octanol–water partition coefficient (Wildman–Crippen LogP) is 2.88. The van der Waals surface area contributed by atoms with Crippen LogP contribution in [0, 0.1) is 0 Å². The molecule has 0 saturated heterocycles. The van der Waals surface area contributed by atoms with Crippen molar-refractivity contribution in [1.29, 1.82) is 0 Å². The van der Waals surface area contributed by atoms with E-state index in [4.69, 9.17) is 9.73 Å². The van der Waals surface area contributed by atoms with E-state index in [1.54, 1.807) is 0 Å². The molecule has 0 N–H and O–H groups in total. The van der Waals surface area contributed by atoms with Gasteiger partial charge in [-0.15, -0.1) is 0 Å². The third-order valence-corrected chi connectivity index (χ3v) is 3.75. The minimum Gasteiger partial charge on any atom is -0.454 e. The Bertz CT molecular complexity index is 670. The van der Waals surface area contributed by atoms with E-state index in [2.05, 4.69) is 36.4 Å². The van der Waals surface area contributed by atoms with Gasteiger partial charge in [0.1, 0.15) is 6.04 Å². The lowest BCUT2D eigenvalue weighted by atomic mass is 10.0. The smallest absolute Gasteiger partial charge is 0.288 e. The van der Waals surface area contributed by atoms with Crippen LogP contribution in [0.1, 0.15) is 23.3 Å². The summed E-state index contributed by atoms with van der Waals surface area (Å²) in [4.78, 5) is 6.64. The number of ether oxygens (including phenoxy) is 1. The summed E-state index contributed by atoms with van der Waals surface area (Å²) in [6.45, 7) is 0. The van der Waals surface area contributed by atoms with E-state index in [1.165, 1.54) is 21.9 Å². The molecule has 0 amide bonds. The number of amidine groups is 1. The first-order chi connectivity index (χ1) is 8.75. The van der Waals surface area contributed by atoms with Crippen LogP contribution in [0.15, 0.2) is 41.4 Å². The van der Waals surface area contributed by atoms with Gasteiger partial charge >= 0.3 is 0 Å². The van der Waals surface area contributed by atoms with Gasteiger partial charge in [0, 0.05) is 19.7 Å². The Morgan fingerprint density at radius 3 is 2.50 bits per heavy atom. The second-order valence-corrected chi connectivity index (χ2v) is 5.08. The molecule has 0 unspecified atom stereocenters. The standard InChI is InChI=1S/C15H14N2O/c1-17(2)15-16-13-10-7-3-5-9-6-4-8-11(12(9)10)14(13)18-15/h3-8,13-14H,1-2H3/t13-,14-/m1/s1. The van der Waals surface area contributed by atoms with Gasteiger partial charge in [0.15, 0.2) is 6.10 Å². The van der Waals surface area contributed by atoms with Crippen molar-refractivity contribution < 1.29 is 4.74 Å². The van der Waals surface area contributed by atoms with E-state index in [-0.39, 0.29) is 12.1 Å². The summed E-state index contributed by atoms with van der Waals surface area (Å²) in [5.41, 5.74) is 2.57. The zero-order valence-corrected chi connectivity index (χ0v) is 10.4. The minimum absolute atomic E-state index is 0.0588. The van der Waals surface area contributed by atoms with Crippen LogP contribution < -0.4 is 0 Å². The highest BCUT2D eigenvalue weighted by Gasteiger charge is 2.41. The maximum atomic E-state index is 6.00. The van der Waals surface area contributed by atoms with Crippen LogP contribution in [0.5, 0.6) is 0 Å². The molecule has 2 aromatic carbocycles. The number of fused-ring (bicyclic) bond motifs is 3. The third-order valence-electron chi connectivity index (χ3n) is 3.75. The summed E-state index contributed by atoms with van der Waals surface area (Å²) < 4.78 is 6.00. The number of hydrogen-bond donors (Lipinski definition) is 0.